The number of methoxy groups -OCH3 is 2. The number of hydrogen-bond acceptors (Lipinski definition) is 5. The first-order valence-corrected chi connectivity index (χ1v) is 11.1. The maximum absolute atomic E-state index is 5.76. The molecule has 0 saturated heterocycles. The Morgan fingerprint density at radius 3 is 2.13 bits per heavy atom. The molecule has 2 aromatic heterocycles. The second-order valence-electron chi connectivity index (χ2n) is 7.05. The maximum Gasteiger partial charge on any atom is 0.141 e. The number of ether oxygens (including phenoxy) is 3. The smallest absolute Gasteiger partial charge is 0.141 e. The van der Waals surface area contributed by atoms with Gasteiger partial charge < -0.3 is 18.8 Å². The third kappa shape index (κ3) is 4.65. The van der Waals surface area contributed by atoms with Gasteiger partial charge in [-0.1, -0.05) is 6.92 Å². The van der Waals surface area contributed by atoms with Crippen LogP contribution in [-0.2, 0) is 11.5 Å². The van der Waals surface area contributed by atoms with E-state index >= 15 is 0 Å². The molecule has 0 spiro atoms. The lowest BCUT2D eigenvalue weighted by atomic mass is 10.1. The van der Waals surface area contributed by atoms with Crippen molar-refractivity contribution >= 4 is 11.3 Å². The number of thiazole rings is 1. The lowest BCUT2D eigenvalue weighted by Gasteiger charge is -2.07. The fraction of sp³-hybridized carbons (Fsp3) is 0.240. The summed E-state index contributed by atoms with van der Waals surface area (Å²) in [7, 11) is 3.35. The molecule has 5 nitrogen and oxygen atoms in total. The van der Waals surface area contributed by atoms with Gasteiger partial charge >= 0.3 is 0 Å². The molecule has 0 aliphatic rings. The highest BCUT2D eigenvalue weighted by Gasteiger charge is 2.18. The number of aromatic nitrogens is 2. The zero-order valence-corrected chi connectivity index (χ0v) is 18.8. The Bertz CT molecular complexity index is 1050. The van der Waals surface area contributed by atoms with Crippen LogP contribution in [0.3, 0.4) is 0 Å². The largest absolute Gasteiger partial charge is 0.497 e. The average Bonchev–Trinajstić information content (AvgIpc) is 3.46. The summed E-state index contributed by atoms with van der Waals surface area (Å²) < 4.78 is 18.5. The van der Waals surface area contributed by atoms with Crippen LogP contribution in [0.15, 0.2) is 66.9 Å². The minimum atomic E-state index is 0.519. The van der Waals surface area contributed by atoms with Gasteiger partial charge in [0.05, 0.1) is 30.5 Å². The average molecular weight is 435 g/mol. The highest BCUT2D eigenvalue weighted by molar-refractivity contribution is 7.18. The van der Waals surface area contributed by atoms with Crippen molar-refractivity contribution in [3.05, 3.63) is 66.9 Å². The molecule has 160 valence electrons. The molecule has 31 heavy (non-hydrogen) atoms. The van der Waals surface area contributed by atoms with Crippen LogP contribution >= 0.6 is 11.3 Å². The molecule has 2 aromatic carbocycles. The molecule has 0 atom stereocenters. The van der Waals surface area contributed by atoms with Crippen LogP contribution in [0.2, 0.25) is 0 Å². The van der Waals surface area contributed by atoms with E-state index in [0.717, 1.165) is 56.9 Å². The van der Waals surface area contributed by atoms with Crippen molar-refractivity contribution in [3.8, 4) is 43.9 Å². The fourth-order valence-electron chi connectivity index (χ4n) is 3.34. The first kappa shape index (κ1) is 21.2. The van der Waals surface area contributed by atoms with Gasteiger partial charge in [-0.25, -0.2) is 4.98 Å². The van der Waals surface area contributed by atoms with Crippen LogP contribution in [0.1, 0.15) is 13.3 Å². The van der Waals surface area contributed by atoms with Crippen molar-refractivity contribution in [2.75, 3.05) is 20.8 Å². The monoisotopic (exact) mass is 434 g/mol. The summed E-state index contributed by atoms with van der Waals surface area (Å²) in [5.74, 6) is 1.66. The Labute approximate surface area is 186 Å². The van der Waals surface area contributed by atoms with E-state index in [1.807, 2.05) is 48.7 Å². The Morgan fingerprint density at radius 2 is 1.52 bits per heavy atom. The Balaban J connectivity index is 1.77. The summed E-state index contributed by atoms with van der Waals surface area (Å²) in [6, 6.07) is 20.3. The summed E-state index contributed by atoms with van der Waals surface area (Å²) in [6.45, 7) is 3.37. The predicted octanol–water partition coefficient (Wildman–Crippen LogP) is 6.35. The van der Waals surface area contributed by atoms with Crippen molar-refractivity contribution < 1.29 is 14.2 Å². The molecule has 6 heteroatoms. The molecule has 0 unspecified atom stereocenters. The van der Waals surface area contributed by atoms with E-state index in [-0.39, 0.29) is 0 Å². The molecule has 0 amide bonds. The summed E-state index contributed by atoms with van der Waals surface area (Å²) in [5, 5.41) is 0.960. The van der Waals surface area contributed by atoms with Gasteiger partial charge in [-0.2, -0.15) is 0 Å². The van der Waals surface area contributed by atoms with Crippen LogP contribution in [-0.4, -0.2) is 30.4 Å². The number of hydrogen-bond donors (Lipinski definition) is 0. The van der Waals surface area contributed by atoms with Crippen molar-refractivity contribution in [3.63, 3.8) is 0 Å². The van der Waals surface area contributed by atoms with Gasteiger partial charge in [-0.3, -0.25) is 0 Å². The number of rotatable bonds is 9. The van der Waals surface area contributed by atoms with Crippen LogP contribution in [0.4, 0.5) is 0 Å². The molecule has 0 saturated carbocycles. The molecule has 0 aliphatic carbocycles. The second-order valence-corrected chi connectivity index (χ2v) is 8.05. The topological polar surface area (TPSA) is 45.5 Å². The molecule has 2 heterocycles. The van der Waals surface area contributed by atoms with Gasteiger partial charge in [0, 0.05) is 18.4 Å². The number of benzene rings is 2. The highest BCUT2D eigenvalue weighted by Crippen LogP contribution is 2.41. The predicted molar refractivity (Wildman–Crippen MR) is 126 cm³/mol. The van der Waals surface area contributed by atoms with Gasteiger partial charge in [0.1, 0.15) is 23.2 Å². The summed E-state index contributed by atoms with van der Waals surface area (Å²) in [6.07, 6.45) is 3.03. The summed E-state index contributed by atoms with van der Waals surface area (Å²) in [4.78, 5) is 6.17. The lowest BCUT2D eigenvalue weighted by Crippen LogP contribution is -2.03. The Morgan fingerprint density at radius 1 is 0.871 bits per heavy atom. The van der Waals surface area contributed by atoms with E-state index in [2.05, 4.69) is 29.7 Å². The van der Waals surface area contributed by atoms with Crippen LogP contribution in [0.5, 0.6) is 11.5 Å². The summed E-state index contributed by atoms with van der Waals surface area (Å²) >= 11 is 1.68. The van der Waals surface area contributed by atoms with Crippen molar-refractivity contribution in [2.24, 2.45) is 0 Å². The van der Waals surface area contributed by atoms with Crippen LogP contribution in [0.25, 0.3) is 32.4 Å². The van der Waals surface area contributed by atoms with E-state index in [1.165, 1.54) is 0 Å². The van der Waals surface area contributed by atoms with Crippen LogP contribution in [0, 0.1) is 0 Å². The molecule has 0 radical (unpaired) electrons. The molecular formula is C25H26N2O3S. The van der Waals surface area contributed by atoms with Gasteiger partial charge in [-0.15, -0.1) is 11.3 Å². The second kappa shape index (κ2) is 9.81. The zero-order chi connectivity index (χ0) is 21.6. The maximum atomic E-state index is 5.76. The first-order valence-electron chi connectivity index (χ1n) is 10.3. The Hall–Kier alpha value is -3.09. The molecule has 0 bridgehead atoms. The minimum absolute atomic E-state index is 0.519. The molecule has 4 rings (SSSR count). The molecule has 0 N–H and O–H groups in total. The standard InChI is InChI=1S/C25H26N2O3S/c1-4-16-30-17-27-15-5-6-22(27)25-26-23(18-7-11-20(28-2)12-8-18)24(31-25)19-9-13-21(29-3)14-10-19/h5-15H,4,16-17H2,1-3H3. The normalized spacial score (nSPS) is 10.9. The van der Waals surface area contributed by atoms with Gasteiger partial charge in [0.15, 0.2) is 0 Å². The van der Waals surface area contributed by atoms with Crippen LogP contribution < -0.4 is 9.47 Å². The van der Waals surface area contributed by atoms with Gasteiger partial charge in [0.2, 0.25) is 0 Å². The molecule has 0 fully saturated rings. The highest BCUT2D eigenvalue weighted by atomic mass is 32.1. The SMILES string of the molecule is CCCOCn1cccc1-c1nc(-c2ccc(OC)cc2)c(-c2ccc(OC)cc2)s1. The Kier molecular flexibility index (Phi) is 6.70. The lowest BCUT2D eigenvalue weighted by molar-refractivity contribution is 0.0788. The summed E-state index contributed by atoms with van der Waals surface area (Å²) in [5.41, 5.74) is 4.16. The molecule has 0 aliphatic heterocycles. The van der Waals surface area contributed by atoms with E-state index in [1.54, 1.807) is 25.6 Å². The number of nitrogens with zero attached hydrogens (tertiary/aromatic N) is 2. The first-order chi connectivity index (χ1) is 15.2. The van der Waals surface area contributed by atoms with Crippen molar-refractivity contribution in [1.82, 2.24) is 9.55 Å². The van der Waals surface area contributed by atoms with Crippen molar-refractivity contribution in [2.45, 2.75) is 20.1 Å². The molecular weight excluding hydrogens is 408 g/mol. The van der Waals surface area contributed by atoms with Gasteiger partial charge in [0.25, 0.3) is 0 Å². The van der Waals surface area contributed by atoms with E-state index < -0.39 is 0 Å². The molecule has 4 aromatic rings. The third-order valence-corrected chi connectivity index (χ3v) is 6.10. The van der Waals surface area contributed by atoms with E-state index in [4.69, 9.17) is 19.2 Å². The third-order valence-electron chi connectivity index (χ3n) is 4.97. The van der Waals surface area contributed by atoms with Crippen molar-refractivity contribution in [1.29, 1.82) is 0 Å². The zero-order valence-electron chi connectivity index (χ0n) is 18.0. The fourth-order valence-corrected chi connectivity index (χ4v) is 4.47. The quantitative estimate of drug-likeness (QED) is 0.288. The van der Waals surface area contributed by atoms with E-state index in [9.17, 15) is 0 Å². The van der Waals surface area contributed by atoms with Gasteiger partial charge in [-0.05, 0) is 72.6 Å². The minimum Gasteiger partial charge on any atom is -0.497 e. The van der Waals surface area contributed by atoms with E-state index in [0.29, 0.717) is 6.73 Å².